The van der Waals surface area contributed by atoms with Gasteiger partial charge in [0.15, 0.2) is 0 Å². The number of nitrogens with one attached hydrogen (secondary N) is 1. The van der Waals surface area contributed by atoms with Crippen molar-refractivity contribution in [3.05, 3.63) is 33.6 Å². The second-order valence-corrected chi connectivity index (χ2v) is 6.56. The number of rotatable bonds is 4. The molecule has 1 aromatic rings. The molecule has 1 aliphatic rings. The molecule has 0 saturated heterocycles. The summed E-state index contributed by atoms with van der Waals surface area (Å²) in [5.41, 5.74) is 1.08. The number of hydrogen-bond acceptors (Lipinski definition) is 1. The van der Waals surface area contributed by atoms with Gasteiger partial charge in [0, 0.05) is 16.6 Å². The maximum absolute atomic E-state index is 13.4. The van der Waals surface area contributed by atoms with Gasteiger partial charge < -0.3 is 5.32 Å². The predicted octanol–water partition coefficient (Wildman–Crippen LogP) is 4.83. The van der Waals surface area contributed by atoms with Crippen LogP contribution >= 0.6 is 23.2 Å². The molecular weight excluding hydrogens is 272 g/mol. The Balaban J connectivity index is 2.05. The fraction of sp³-hybridized carbons (Fsp3) is 0.571. The van der Waals surface area contributed by atoms with Gasteiger partial charge in [-0.25, -0.2) is 4.39 Å². The van der Waals surface area contributed by atoms with Crippen LogP contribution in [0.15, 0.2) is 12.1 Å². The Hall–Kier alpha value is -0.310. The zero-order valence-corrected chi connectivity index (χ0v) is 12.4. The van der Waals surface area contributed by atoms with E-state index in [1.54, 1.807) is 6.07 Å². The molecule has 18 heavy (non-hydrogen) atoms. The molecule has 0 aliphatic heterocycles. The molecule has 0 aromatic heterocycles. The van der Waals surface area contributed by atoms with Crippen LogP contribution < -0.4 is 5.32 Å². The molecule has 1 N–H and O–H groups in total. The van der Waals surface area contributed by atoms with Crippen LogP contribution in [0.4, 0.5) is 4.39 Å². The zero-order valence-electron chi connectivity index (χ0n) is 10.9. The Bertz CT molecular complexity index is 459. The molecule has 1 saturated carbocycles. The summed E-state index contributed by atoms with van der Waals surface area (Å²) in [5, 5.41) is 4.02. The first-order valence-corrected chi connectivity index (χ1v) is 6.95. The summed E-state index contributed by atoms with van der Waals surface area (Å²) < 4.78 is 13.4. The molecule has 2 atom stereocenters. The van der Waals surface area contributed by atoms with E-state index in [1.165, 1.54) is 12.5 Å². The first kappa shape index (κ1) is 14.1. The normalized spacial score (nSPS) is 22.9. The fourth-order valence-electron chi connectivity index (χ4n) is 2.29. The van der Waals surface area contributed by atoms with E-state index in [9.17, 15) is 4.39 Å². The van der Waals surface area contributed by atoms with Gasteiger partial charge in [0.05, 0.1) is 5.02 Å². The van der Waals surface area contributed by atoms with Gasteiger partial charge in [-0.15, -0.1) is 0 Å². The maximum Gasteiger partial charge on any atom is 0.142 e. The highest BCUT2D eigenvalue weighted by Gasteiger charge is 2.45. The van der Waals surface area contributed by atoms with E-state index in [4.69, 9.17) is 23.2 Å². The summed E-state index contributed by atoms with van der Waals surface area (Å²) in [5.74, 6) is 0.266. The number of hydrogen-bond donors (Lipinski definition) is 1. The topological polar surface area (TPSA) is 12.0 Å². The van der Waals surface area contributed by atoms with Crippen molar-refractivity contribution < 1.29 is 4.39 Å². The van der Waals surface area contributed by atoms with Crippen molar-refractivity contribution in [3.8, 4) is 0 Å². The van der Waals surface area contributed by atoms with Crippen molar-refractivity contribution in [2.75, 3.05) is 6.54 Å². The average molecular weight is 290 g/mol. The highest BCUT2D eigenvalue weighted by molar-refractivity contribution is 6.36. The molecule has 0 spiro atoms. The zero-order chi connectivity index (χ0) is 13.5. The summed E-state index contributed by atoms with van der Waals surface area (Å²) >= 11 is 12.1. The van der Waals surface area contributed by atoms with E-state index in [0.717, 1.165) is 6.54 Å². The standard InChI is InChI=1S/C14H18Cl2FN/c1-8(18-7-9-6-14(9,2)3)12-10(15)4-5-11(17)13(12)16/h4-5,8-9,18H,6-7H2,1-3H3. The van der Waals surface area contributed by atoms with E-state index in [0.29, 0.717) is 21.9 Å². The van der Waals surface area contributed by atoms with Crippen LogP contribution in [0.2, 0.25) is 10.0 Å². The molecule has 1 fully saturated rings. The molecule has 1 nitrogen and oxygen atoms in total. The molecule has 0 bridgehead atoms. The Morgan fingerprint density at radius 1 is 1.44 bits per heavy atom. The number of benzene rings is 1. The lowest BCUT2D eigenvalue weighted by atomic mass is 10.1. The van der Waals surface area contributed by atoms with Gasteiger partial charge in [-0.3, -0.25) is 0 Å². The second-order valence-electron chi connectivity index (χ2n) is 5.78. The Kier molecular flexibility index (Phi) is 3.91. The van der Waals surface area contributed by atoms with Crippen LogP contribution in [-0.4, -0.2) is 6.54 Å². The Morgan fingerprint density at radius 3 is 2.61 bits per heavy atom. The summed E-state index contributed by atoms with van der Waals surface area (Å²) in [6.45, 7) is 7.39. The molecule has 0 amide bonds. The summed E-state index contributed by atoms with van der Waals surface area (Å²) in [7, 11) is 0. The largest absolute Gasteiger partial charge is 0.310 e. The van der Waals surface area contributed by atoms with Crippen LogP contribution in [0, 0.1) is 17.2 Å². The van der Waals surface area contributed by atoms with Gasteiger partial charge in [0.25, 0.3) is 0 Å². The van der Waals surface area contributed by atoms with Crippen molar-refractivity contribution >= 4 is 23.2 Å². The lowest BCUT2D eigenvalue weighted by Crippen LogP contribution is -2.23. The highest BCUT2D eigenvalue weighted by Crippen LogP contribution is 2.51. The summed E-state index contributed by atoms with van der Waals surface area (Å²) in [6, 6.07) is 2.81. The average Bonchev–Trinajstić information content (AvgIpc) is 2.90. The Morgan fingerprint density at radius 2 is 2.06 bits per heavy atom. The van der Waals surface area contributed by atoms with Crippen LogP contribution in [-0.2, 0) is 0 Å². The van der Waals surface area contributed by atoms with Crippen molar-refractivity contribution in [1.82, 2.24) is 5.32 Å². The molecule has 100 valence electrons. The van der Waals surface area contributed by atoms with Gasteiger partial charge in [-0.2, -0.15) is 0 Å². The molecule has 1 aliphatic carbocycles. The maximum atomic E-state index is 13.4. The van der Waals surface area contributed by atoms with E-state index >= 15 is 0 Å². The number of halogens is 3. The van der Waals surface area contributed by atoms with Crippen LogP contribution in [0.1, 0.15) is 38.8 Å². The fourth-order valence-corrected chi connectivity index (χ4v) is 2.98. The van der Waals surface area contributed by atoms with E-state index in [1.807, 2.05) is 6.92 Å². The third kappa shape index (κ3) is 2.81. The van der Waals surface area contributed by atoms with Gasteiger partial charge in [0.2, 0.25) is 0 Å². The van der Waals surface area contributed by atoms with E-state index < -0.39 is 5.82 Å². The summed E-state index contributed by atoms with van der Waals surface area (Å²) in [4.78, 5) is 0. The van der Waals surface area contributed by atoms with Crippen molar-refractivity contribution in [2.24, 2.45) is 11.3 Å². The quantitative estimate of drug-likeness (QED) is 0.783. The monoisotopic (exact) mass is 289 g/mol. The molecule has 1 aromatic carbocycles. The molecule has 2 rings (SSSR count). The first-order valence-electron chi connectivity index (χ1n) is 6.19. The summed E-state index contributed by atoms with van der Waals surface area (Å²) in [6.07, 6.45) is 1.23. The van der Waals surface area contributed by atoms with E-state index in [2.05, 4.69) is 19.2 Å². The molecule has 2 unspecified atom stereocenters. The molecule has 4 heteroatoms. The van der Waals surface area contributed by atoms with Crippen molar-refractivity contribution in [2.45, 2.75) is 33.2 Å². The van der Waals surface area contributed by atoms with Crippen LogP contribution in [0.5, 0.6) is 0 Å². The minimum atomic E-state index is -0.420. The third-order valence-electron chi connectivity index (χ3n) is 3.90. The smallest absolute Gasteiger partial charge is 0.142 e. The molecular formula is C14H18Cl2FN. The second kappa shape index (κ2) is 4.99. The van der Waals surface area contributed by atoms with Crippen LogP contribution in [0.3, 0.4) is 0 Å². The minimum Gasteiger partial charge on any atom is -0.310 e. The van der Waals surface area contributed by atoms with Gasteiger partial charge in [-0.1, -0.05) is 37.0 Å². The lowest BCUT2D eigenvalue weighted by molar-refractivity contribution is 0.483. The molecule has 0 heterocycles. The first-order chi connectivity index (χ1) is 8.33. The predicted molar refractivity (Wildman–Crippen MR) is 74.7 cm³/mol. The van der Waals surface area contributed by atoms with Gasteiger partial charge in [-0.05, 0) is 43.4 Å². The Labute approximate surface area is 118 Å². The third-order valence-corrected chi connectivity index (χ3v) is 4.61. The lowest BCUT2D eigenvalue weighted by Gasteiger charge is -2.18. The SMILES string of the molecule is CC(NCC1CC1(C)C)c1c(Cl)ccc(F)c1Cl. The van der Waals surface area contributed by atoms with Crippen molar-refractivity contribution in [3.63, 3.8) is 0 Å². The van der Waals surface area contributed by atoms with Gasteiger partial charge >= 0.3 is 0 Å². The van der Waals surface area contributed by atoms with Crippen LogP contribution in [0.25, 0.3) is 0 Å². The molecule has 0 radical (unpaired) electrons. The van der Waals surface area contributed by atoms with Gasteiger partial charge in [0.1, 0.15) is 5.82 Å². The minimum absolute atomic E-state index is 0.0444. The highest BCUT2D eigenvalue weighted by atomic mass is 35.5. The van der Waals surface area contributed by atoms with E-state index in [-0.39, 0.29) is 11.1 Å². The van der Waals surface area contributed by atoms with Crippen molar-refractivity contribution in [1.29, 1.82) is 0 Å².